The topological polar surface area (TPSA) is 343 Å². The second kappa shape index (κ2) is 25.8. The van der Waals surface area contributed by atoms with Crippen LogP contribution in [0.4, 0.5) is 0 Å². The number of carboxylic acid groups (broad SMARTS) is 5. The van der Waals surface area contributed by atoms with Gasteiger partial charge in [0.05, 0.1) is 6.61 Å². The van der Waals surface area contributed by atoms with Crippen molar-refractivity contribution in [3.63, 3.8) is 0 Å². The van der Waals surface area contributed by atoms with Crippen molar-refractivity contribution < 1.29 is 59.7 Å². The Kier molecular flexibility index (Phi) is 26.9. The van der Waals surface area contributed by atoms with E-state index < -0.39 is 60.6 Å². The van der Waals surface area contributed by atoms with Gasteiger partial charge in [-0.3, -0.25) is 24.0 Å². The predicted molar refractivity (Wildman–Crippen MR) is 163 cm³/mol. The summed E-state index contributed by atoms with van der Waals surface area (Å²) in [4.78, 5) is 50.7. The number of aliphatic hydroxyl groups excluding tert-OH is 1. The Hall–Kier alpha value is -2.65. The predicted octanol–water partition coefficient (Wildman–Crippen LogP) is -3.16. The van der Waals surface area contributed by atoms with Crippen LogP contribution in [-0.2, 0) is 30.4 Å². The summed E-state index contributed by atoms with van der Waals surface area (Å²) in [7, 11) is 2.41. The third-order valence-corrected chi connectivity index (χ3v) is 7.27. The Labute approximate surface area is 265 Å². The van der Waals surface area contributed by atoms with E-state index in [1.807, 2.05) is 0 Å². The van der Waals surface area contributed by atoms with Crippen LogP contribution in [0.2, 0.25) is 0 Å². The third-order valence-electron chi connectivity index (χ3n) is 4.79. The minimum atomic E-state index is -1.18. The Morgan fingerprint density at radius 3 is 1.44 bits per heavy atom. The molecule has 248 valence electrons. The zero-order valence-electron chi connectivity index (χ0n) is 22.9. The van der Waals surface area contributed by atoms with Crippen LogP contribution < -0.4 is 28.3 Å². The average molecular weight is 723 g/mol. The summed E-state index contributed by atoms with van der Waals surface area (Å²) < 4.78 is 0. The summed E-state index contributed by atoms with van der Waals surface area (Å²) in [6.07, 6.45) is 2.06. The molecule has 0 aliphatic carbocycles. The molecule has 0 aromatic heterocycles. The number of carboxylic acids is 5. The molecule has 5 atom stereocenters. The second-order valence-electron chi connectivity index (χ2n) is 8.39. The number of benzene rings is 1. The van der Waals surface area contributed by atoms with Crippen molar-refractivity contribution in [3.8, 4) is 5.75 Å². The van der Waals surface area contributed by atoms with Gasteiger partial charge in [0.25, 0.3) is 0 Å². The number of hydrogen-bond acceptors (Lipinski definition) is 14. The van der Waals surface area contributed by atoms with Crippen molar-refractivity contribution in [2.45, 2.75) is 49.5 Å². The van der Waals surface area contributed by atoms with Crippen molar-refractivity contribution in [2.24, 2.45) is 22.9 Å². The molecule has 16 N–H and O–H groups in total. The van der Waals surface area contributed by atoms with E-state index in [1.54, 1.807) is 12.1 Å². The van der Waals surface area contributed by atoms with E-state index in [4.69, 9.17) is 58.7 Å². The van der Waals surface area contributed by atoms with Crippen LogP contribution in [0.3, 0.4) is 0 Å². The molecule has 1 aromatic rings. The first-order valence-electron chi connectivity index (χ1n) is 12.1. The Morgan fingerprint density at radius 2 is 1.19 bits per heavy atom. The number of nitrogens with one attached hydrogen (secondary N) is 1. The molecule has 1 fully saturated rings. The van der Waals surface area contributed by atoms with E-state index in [0.29, 0.717) is 0 Å². The zero-order valence-corrected chi connectivity index (χ0v) is 26.7. The van der Waals surface area contributed by atoms with Gasteiger partial charge in [0.1, 0.15) is 36.0 Å². The molecule has 43 heavy (non-hydrogen) atoms. The molecule has 1 aliphatic rings. The average Bonchev–Trinajstić information content (AvgIpc) is 3.48. The molecule has 4 unspecified atom stereocenters. The van der Waals surface area contributed by atoms with Gasteiger partial charge in [-0.25, -0.2) is 0 Å². The van der Waals surface area contributed by atoms with Crippen LogP contribution in [0.15, 0.2) is 24.3 Å². The fourth-order valence-electron chi connectivity index (χ4n) is 2.33. The van der Waals surface area contributed by atoms with Gasteiger partial charge in [-0.15, -0.1) is 0 Å². The van der Waals surface area contributed by atoms with E-state index >= 15 is 0 Å². The van der Waals surface area contributed by atoms with Crippen LogP contribution in [0.5, 0.6) is 5.75 Å². The fraction of sp³-hybridized carbons (Fsp3) is 0.522. The number of aliphatic carboxylic acids is 5. The maximum absolute atomic E-state index is 10.4. The summed E-state index contributed by atoms with van der Waals surface area (Å²) in [6.45, 7) is 0.353. The zero-order chi connectivity index (χ0) is 32.8. The molecular formula is C23H41N5O12S2Se. The Balaban J connectivity index is -0.000000511. The molecule has 0 saturated carbocycles. The first-order chi connectivity index (χ1) is 19.5. The number of phenols is 1. The van der Waals surface area contributed by atoms with Gasteiger partial charge in [-0.1, -0.05) is 33.7 Å². The van der Waals surface area contributed by atoms with Gasteiger partial charge in [-0.05, 0) is 43.5 Å². The van der Waals surface area contributed by atoms with Gasteiger partial charge in [0.2, 0.25) is 0 Å². The van der Waals surface area contributed by atoms with Crippen LogP contribution in [0, 0.1) is 0 Å². The summed E-state index contributed by atoms with van der Waals surface area (Å²) in [6, 6.07) is 2.19. The molecule has 1 aliphatic heterocycles. The van der Waals surface area contributed by atoms with E-state index in [-0.39, 0.29) is 46.8 Å². The summed E-state index contributed by atoms with van der Waals surface area (Å²) in [5, 5.41) is 61.4. The van der Waals surface area contributed by atoms with E-state index in [9.17, 15) is 24.0 Å². The molecule has 0 amide bonds. The fourth-order valence-corrected chi connectivity index (χ4v) is 4.56. The van der Waals surface area contributed by atoms with Crippen molar-refractivity contribution in [3.05, 3.63) is 29.8 Å². The van der Waals surface area contributed by atoms with Gasteiger partial charge in [0, 0.05) is 11.5 Å². The summed E-state index contributed by atoms with van der Waals surface area (Å²) >= 11 is 0. The van der Waals surface area contributed by atoms with E-state index in [2.05, 4.69) is 5.32 Å². The molecule has 17 nitrogen and oxygen atoms in total. The minimum absolute atomic E-state index is 0. The van der Waals surface area contributed by atoms with Crippen molar-refractivity contribution in [1.29, 1.82) is 0 Å². The first kappa shape index (κ1) is 44.8. The number of aromatic hydroxyl groups is 1. The molecule has 0 radical (unpaired) electrons. The van der Waals surface area contributed by atoms with Crippen LogP contribution in [0.25, 0.3) is 0 Å². The quantitative estimate of drug-likeness (QED) is 0.0543. The van der Waals surface area contributed by atoms with Crippen LogP contribution in [-0.4, -0.2) is 138 Å². The van der Waals surface area contributed by atoms with Gasteiger partial charge in [0.15, 0.2) is 0 Å². The first-order valence-corrected chi connectivity index (χ1v) is 14.5. The van der Waals surface area contributed by atoms with Crippen LogP contribution >= 0.6 is 21.6 Å². The van der Waals surface area contributed by atoms with Crippen molar-refractivity contribution >= 4 is 68.5 Å². The molecule has 0 spiro atoms. The molecule has 1 saturated heterocycles. The van der Waals surface area contributed by atoms with Crippen LogP contribution in [0.1, 0.15) is 18.4 Å². The maximum atomic E-state index is 10.4. The molecule has 1 heterocycles. The summed E-state index contributed by atoms with van der Waals surface area (Å²) in [5.41, 5.74) is 21.3. The SMILES string of the molecule is NC(CO)C(=O)O.NC(CSSCC(N)C(=O)O)C(=O)O.NC(Cc1ccc(O)cc1)C(=O)O.O=C(O)[C@@H]1CCCN1.[SeH2]. The Morgan fingerprint density at radius 1 is 0.767 bits per heavy atom. The molecular weight excluding hydrogens is 681 g/mol. The number of rotatable bonds is 13. The number of carbonyl (C=O) groups is 5. The normalized spacial score (nSPS) is 16.0. The summed E-state index contributed by atoms with van der Waals surface area (Å²) in [5.74, 6) is -4.44. The van der Waals surface area contributed by atoms with Gasteiger partial charge < -0.3 is 64.0 Å². The monoisotopic (exact) mass is 723 g/mol. The van der Waals surface area contributed by atoms with E-state index in [1.165, 1.54) is 33.7 Å². The second-order valence-corrected chi connectivity index (χ2v) is 10.9. The Bertz CT molecular complexity index is 953. The number of aliphatic hydroxyl groups is 1. The van der Waals surface area contributed by atoms with Crippen molar-refractivity contribution in [1.82, 2.24) is 5.32 Å². The number of phenolic OH excluding ortho intramolecular Hbond substituents is 1. The third kappa shape index (κ3) is 24.5. The molecule has 2 rings (SSSR count). The molecule has 1 aromatic carbocycles. The van der Waals surface area contributed by atoms with Crippen molar-refractivity contribution in [2.75, 3.05) is 24.7 Å². The van der Waals surface area contributed by atoms with E-state index in [0.717, 1.165) is 24.9 Å². The number of hydrogen-bond donors (Lipinski definition) is 12. The standard InChI is InChI=1S/C9H11NO3.C6H12N2O4S2.C5H9NO2.C3H7NO3.H2Se/c10-8(9(12)13)5-6-1-3-7(11)4-2-6;7-3(5(9)10)1-13-14-2-4(8)6(11)12;7-5(8)4-2-1-3-6-4;4-2(1-5)3(6)7;/h1-4,8,11H,5,10H2,(H,12,13);3-4H,1-2,7-8H2,(H,9,10)(H,11,12);4,6H,1-3H2,(H,7,8);2,5H,1,4H2,(H,6,7);1H2/t;;4-;;/m..0../s1. The molecule has 0 bridgehead atoms. The van der Waals surface area contributed by atoms with Gasteiger partial charge >= 0.3 is 46.9 Å². The molecule has 20 heteroatoms. The number of nitrogens with two attached hydrogens (primary N) is 4. The van der Waals surface area contributed by atoms with Gasteiger partial charge in [-0.2, -0.15) is 0 Å².